The molecule has 2 unspecified atom stereocenters. The van der Waals surface area contributed by atoms with Gasteiger partial charge in [0.2, 0.25) is 0 Å². The summed E-state index contributed by atoms with van der Waals surface area (Å²) in [5.41, 5.74) is -0.545. The Kier molecular flexibility index (Phi) is 5.67. The standard InChI is InChI=1S/C17H32O4Si/c1-16(2,3)15(19)20-13-9-12(18)10-14(11-13)21-22(7,8)17(4,5)6/h13-14H,9-11H2,1-8H3. The Morgan fingerprint density at radius 1 is 1.05 bits per heavy atom. The van der Waals surface area contributed by atoms with Crippen molar-refractivity contribution < 1.29 is 18.8 Å². The summed E-state index contributed by atoms with van der Waals surface area (Å²) < 4.78 is 11.9. The third-order valence-electron chi connectivity index (χ3n) is 4.59. The SMILES string of the molecule is CC(C)(C)C(=O)OC1CC(=O)CC(O[Si](C)(C)C(C)(C)C)C1. The number of esters is 1. The lowest BCUT2D eigenvalue weighted by Gasteiger charge is -2.41. The minimum Gasteiger partial charge on any atom is -0.461 e. The van der Waals surface area contributed by atoms with Crippen LogP contribution in [0.1, 0.15) is 60.8 Å². The number of rotatable bonds is 3. The van der Waals surface area contributed by atoms with Gasteiger partial charge in [0.1, 0.15) is 11.9 Å². The van der Waals surface area contributed by atoms with Crippen LogP contribution in [-0.2, 0) is 18.8 Å². The second kappa shape index (κ2) is 6.44. The first-order valence-corrected chi connectivity index (χ1v) is 11.0. The van der Waals surface area contributed by atoms with Crippen LogP contribution in [0.5, 0.6) is 0 Å². The summed E-state index contributed by atoms with van der Waals surface area (Å²) in [5.74, 6) is -0.125. The molecule has 0 radical (unpaired) electrons. The lowest BCUT2D eigenvalue weighted by molar-refractivity contribution is -0.162. The molecule has 128 valence electrons. The highest BCUT2D eigenvalue weighted by molar-refractivity contribution is 6.74. The number of ether oxygens (including phenoxy) is 1. The highest BCUT2D eigenvalue weighted by atomic mass is 28.4. The molecule has 0 N–H and O–H groups in total. The fourth-order valence-corrected chi connectivity index (χ4v) is 3.52. The fourth-order valence-electron chi connectivity index (χ4n) is 2.15. The fraction of sp³-hybridized carbons (Fsp3) is 0.882. The van der Waals surface area contributed by atoms with E-state index < -0.39 is 13.7 Å². The van der Waals surface area contributed by atoms with E-state index in [-0.39, 0.29) is 29.0 Å². The zero-order valence-electron chi connectivity index (χ0n) is 15.4. The van der Waals surface area contributed by atoms with Crippen LogP contribution in [-0.4, -0.2) is 32.3 Å². The molecule has 4 nitrogen and oxygen atoms in total. The van der Waals surface area contributed by atoms with Crippen molar-refractivity contribution in [2.75, 3.05) is 0 Å². The number of Topliss-reactive ketones (excluding diaryl/α,β-unsaturated/α-hetero) is 1. The summed E-state index contributed by atoms with van der Waals surface area (Å²) in [6.07, 6.45) is 0.914. The number of carbonyl (C=O) groups excluding carboxylic acids is 2. The average molecular weight is 329 g/mol. The second-order valence-corrected chi connectivity index (χ2v) is 13.7. The maximum absolute atomic E-state index is 12.0. The highest BCUT2D eigenvalue weighted by Gasteiger charge is 2.42. The van der Waals surface area contributed by atoms with Gasteiger partial charge in [0, 0.05) is 19.3 Å². The summed E-state index contributed by atoms with van der Waals surface area (Å²) in [6, 6.07) is 0. The van der Waals surface area contributed by atoms with E-state index >= 15 is 0 Å². The van der Waals surface area contributed by atoms with Crippen molar-refractivity contribution in [3.05, 3.63) is 0 Å². The molecule has 1 saturated carbocycles. The van der Waals surface area contributed by atoms with Crippen LogP contribution in [0.15, 0.2) is 0 Å². The number of ketones is 1. The smallest absolute Gasteiger partial charge is 0.311 e. The summed E-state index contributed by atoms with van der Waals surface area (Å²) in [5, 5.41) is 0.102. The highest BCUT2D eigenvalue weighted by Crippen LogP contribution is 2.39. The predicted octanol–water partition coefficient (Wildman–Crippen LogP) is 4.09. The first kappa shape index (κ1) is 19.4. The second-order valence-electron chi connectivity index (χ2n) is 8.96. The number of hydrogen-bond donors (Lipinski definition) is 0. The number of hydrogen-bond acceptors (Lipinski definition) is 4. The zero-order chi connectivity index (χ0) is 17.3. The minimum absolute atomic E-state index is 0.102. The van der Waals surface area contributed by atoms with Crippen LogP contribution in [0.25, 0.3) is 0 Å². The average Bonchev–Trinajstić information content (AvgIpc) is 2.23. The molecule has 0 saturated heterocycles. The first-order valence-electron chi connectivity index (χ1n) is 8.13. The summed E-state index contributed by atoms with van der Waals surface area (Å²) in [6.45, 7) is 16.4. The molecule has 2 atom stereocenters. The van der Waals surface area contributed by atoms with E-state index in [0.717, 1.165) is 0 Å². The van der Waals surface area contributed by atoms with Crippen molar-refractivity contribution in [2.24, 2.45) is 5.41 Å². The van der Waals surface area contributed by atoms with E-state index in [4.69, 9.17) is 9.16 Å². The van der Waals surface area contributed by atoms with Crippen LogP contribution in [0, 0.1) is 5.41 Å². The Bertz CT molecular complexity index is 429. The molecule has 1 fully saturated rings. The van der Waals surface area contributed by atoms with Crippen molar-refractivity contribution in [3.8, 4) is 0 Å². The topological polar surface area (TPSA) is 52.6 Å². The molecular weight excluding hydrogens is 296 g/mol. The maximum Gasteiger partial charge on any atom is 0.311 e. The van der Waals surface area contributed by atoms with Crippen molar-refractivity contribution in [1.82, 2.24) is 0 Å². The third kappa shape index (κ3) is 5.20. The van der Waals surface area contributed by atoms with Gasteiger partial charge in [0.05, 0.1) is 11.5 Å². The van der Waals surface area contributed by atoms with Gasteiger partial charge in [0.15, 0.2) is 8.32 Å². The van der Waals surface area contributed by atoms with Gasteiger partial charge in [-0.1, -0.05) is 20.8 Å². The molecule has 0 heterocycles. The van der Waals surface area contributed by atoms with Gasteiger partial charge in [-0.25, -0.2) is 0 Å². The molecule has 1 aliphatic rings. The predicted molar refractivity (Wildman–Crippen MR) is 90.3 cm³/mol. The van der Waals surface area contributed by atoms with Crippen LogP contribution < -0.4 is 0 Å². The quantitative estimate of drug-likeness (QED) is 0.578. The van der Waals surface area contributed by atoms with E-state index in [1.807, 2.05) is 20.8 Å². The molecule has 1 rings (SSSR count). The van der Waals surface area contributed by atoms with Gasteiger partial charge in [0.25, 0.3) is 0 Å². The Hall–Kier alpha value is -0.683. The third-order valence-corrected chi connectivity index (χ3v) is 9.12. The largest absolute Gasteiger partial charge is 0.461 e. The molecule has 0 amide bonds. The van der Waals surface area contributed by atoms with Crippen molar-refractivity contribution in [3.63, 3.8) is 0 Å². The molecule has 0 aromatic heterocycles. The van der Waals surface area contributed by atoms with Crippen molar-refractivity contribution >= 4 is 20.1 Å². The molecule has 0 spiro atoms. The van der Waals surface area contributed by atoms with E-state index in [1.54, 1.807) is 0 Å². The van der Waals surface area contributed by atoms with Gasteiger partial charge >= 0.3 is 5.97 Å². The van der Waals surface area contributed by atoms with Crippen molar-refractivity contribution in [1.29, 1.82) is 0 Å². The molecule has 5 heteroatoms. The molecule has 22 heavy (non-hydrogen) atoms. The summed E-state index contributed by atoms with van der Waals surface area (Å²) in [7, 11) is -1.92. The molecule has 0 bridgehead atoms. The van der Waals surface area contributed by atoms with Gasteiger partial charge in [-0.15, -0.1) is 0 Å². The molecule has 0 aromatic carbocycles. The Morgan fingerprint density at radius 3 is 2.00 bits per heavy atom. The Morgan fingerprint density at radius 2 is 1.55 bits per heavy atom. The lowest BCUT2D eigenvalue weighted by Crippen LogP contribution is -2.47. The van der Waals surface area contributed by atoms with Gasteiger partial charge < -0.3 is 9.16 Å². The molecule has 0 aromatic rings. The van der Waals surface area contributed by atoms with Crippen molar-refractivity contribution in [2.45, 2.75) is 91.1 Å². The minimum atomic E-state index is -1.92. The molecular formula is C17H32O4Si. The van der Waals surface area contributed by atoms with E-state index in [1.165, 1.54) is 0 Å². The van der Waals surface area contributed by atoms with E-state index in [2.05, 4.69) is 33.9 Å². The monoisotopic (exact) mass is 328 g/mol. The van der Waals surface area contributed by atoms with Gasteiger partial charge in [-0.05, 0) is 38.9 Å². The molecule has 1 aliphatic carbocycles. The van der Waals surface area contributed by atoms with Crippen LogP contribution >= 0.6 is 0 Å². The van der Waals surface area contributed by atoms with E-state index in [9.17, 15) is 9.59 Å². The zero-order valence-corrected chi connectivity index (χ0v) is 16.4. The summed E-state index contributed by atoms with van der Waals surface area (Å²) >= 11 is 0. The Balaban J connectivity index is 2.72. The molecule has 0 aliphatic heterocycles. The lowest BCUT2D eigenvalue weighted by atomic mass is 9.92. The van der Waals surface area contributed by atoms with Gasteiger partial charge in [-0.3, -0.25) is 9.59 Å². The Labute approximate surface area is 136 Å². The van der Waals surface area contributed by atoms with Gasteiger partial charge in [-0.2, -0.15) is 0 Å². The van der Waals surface area contributed by atoms with Crippen LogP contribution in [0.2, 0.25) is 18.1 Å². The summed E-state index contributed by atoms with van der Waals surface area (Å²) in [4.78, 5) is 24.0. The van der Waals surface area contributed by atoms with Crippen LogP contribution in [0.4, 0.5) is 0 Å². The first-order chi connectivity index (χ1) is 9.72. The van der Waals surface area contributed by atoms with E-state index in [0.29, 0.717) is 19.3 Å². The van der Waals surface area contributed by atoms with Crippen LogP contribution in [0.3, 0.4) is 0 Å². The maximum atomic E-state index is 12.0. The number of carbonyl (C=O) groups is 2. The normalized spacial score (nSPS) is 24.3.